The fourth-order valence-corrected chi connectivity index (χ4v) is 1.85. The van der Waals surface area contributed by atoms with Crippen molar-refractivity contribution in [1.29, 1.82) is 0 Å². The molecular formula is C14H14O. The summed E-state index contributed by atoms with van der Waals surface area (Å²) in [4.78, 5) is 10.4. The molecule has 0 aromatic heterocycles. The highest BCUT2D eigenvalue weighted by molar-refractivity contribution is 5.69. The fraction of sp³-hybridized carbons (Fsp3) is 0.214. The van der Waals surface area contributed by atoms with E-state index in [2.05, 4.69) is 36.4 Å². The van der Waals surface area contributed by atoms with Gasteiger partial charge in [0.25, 0.3) is 0 Å². The van der Waals surface area contributed by atoms with E-state index in [1.54, 1.807) is 0 Å². The van der Waals surface area contributed by atoms with E-state index in [1.165, 1.54) is 16.7 Å². The SMILES string of the molecule is O=CCC1=CC=C(c2ccccc2)CC1. The van der Waals surface area contributed by atoms with Crippen molar-refractivity contribution in [2.24, 2.45) is 0 Å². The summed E-state index contributed by atoms with van der Waals surface area (Å²) >= 11 is 0. The van der Waals surface area contributed by atoms with E-state index in [4.69, 9.17) is 0 Å². The number of aldehydes is 1. The smallest absolute Gasteiger partial charge is 0.124 e. The molecule has 0 atom stereocenters. The Morgan fingerprint density at radius 1 is 1.07 bits per heavy atom. The van der Waals surface area contributed by atoms with E-state index in [9.17, 15) is 4.79 Å². The molecule has 0 unspecified atom stereocenters. The van der Waals surface area contributed by atoms with Crippen LogP contribution in [0.5, 0.6) is 0 Å². The van der Waals surface area contributed by atoms with Crippen LogP contribution in [0, 0.1) is 0 Å². The zero-order chi connectivity index (χ0) is 10.5. The average molecular weight is 198 g/mol. The number of rotatable bonds is 3. The van der Waals surface area contributed by atoms with Gasteiger partial charge in [0.15, 0.2) is 0 Å². The lowest BCUT2D eigenvalue weighted by Gasteiger charge is -2.13. The Morgan fingerprint density at radius 3 is 2.47 bits per heavy atom. The summed E-state index contributed by atoms with van der Waals surface area (Å²) in [5.74, 6) is 0. The predicted molar refractivity (Wildman–Crippen MR) is 62.4 cm³/mol. The lowest BCUT2D eigenvalue weighted by atomic mass is 9.92. The Morgan fingerprint density at radius 2 is 1.87 bits per heavy atom. The summed E-state index contributed by atoms with van der Waals surface area (Å²) in [5.41, 5.74) is 3.90. The number of hydrogen-bond acceptors (Lipinski definition) is 1. The zero-order valence-electron chi connectivity index (χ0n) is 8.65. The van der Waals surface area contributed by atoms with Crippen LogP contribution in [0.3, 0.4) is 0 Å². The lowest BCUT2D eigenvalue weighted by Crippen LogP contribution is -1.94. The minimum Gasteiger partial charge on any atom is -0.303 e. The quantitative estimate of drug-likeness (QED) is 0.680. The van der Waals surface area contributed by atoms with Crippen molar-refractivity contribution in [3.05, 3.63) is 53.6 Å². The van der Waals surface area contributed by atoms with Crippen molar-refractivity contribution in [1.82, 2.24) is 0 Å². The van der Waals surface area contributed by atoms with Crippen molar-refractivity contribution in [2.45, 2.75) is 19.3 Å². The first-order chi connectivity index (χ1) is 7.40. The summed E-state index contributed by atoms with van der Waals surface area (Å²) in [6, 6.07) is 10.4. The van der Waals surface area contributed by atoms with Gasteiger partial charge >= 0.3 is 0 Å². The van der Waals surface area contributed by atoms with E-state index in [1.807, 2.05) is 6.07 Å². The third-order valence-electron chi connectivity index (χ3n) is 2.73. The molecule has 0 saturated heterocycles. The van der Waals surface area contributed by atoms with E-state index in [-0.39, 0.29) is 0 Å². The molecule has 0 spiro atoms. The van der Waals surface area contributed by atoms with Gasteiger partial charge in [-0.1, -0.05) is 48.1 Å². The molecule has 0 fully saturated rings. The molecule has 1 nitrogen and oxygen atoms in total. The Hall–Kier alpha value is -1.63. The Labute approximate surface area is 90.1 Å². The monoisotopic (exact) mass is 198 g/mol. The van der Waals surface area contributed by atoms with Crippen LogP contribution in [0.25, 0.3) is 5.57 Å². The van der Waals surface area contributed by atoms with Crippen molar-refractivity contribution in [3.63, 3.8) is 0 Å². The largest absolute Gasteiger partial charge is 0.303 e. The minimum atomic E-state index is 0.582. The summed E-state index contributed by atoms with van der Waals surface area (Å²) in [7, 11) is 0. The van der Waals surface area contributed by atoms with Crippen molar-refractivity contribution < 1.29 is 4.79 Å². The van der Waals surface area contributed by atoms with Crippen LogP contribution in [0.1, 0.15) is 24.8 Å². The van der Waals surface area contributed by atoms with Crippen molar-refractivity contribution in [2.75, 3.05) is 0 Å². The molecule has 0 amide bonds. The minimum absolute atomic E-state index is 0.582. The first-order valence-electron chi connectivity index (χ1n) is 5.28. The van der Waals surface area contributed by atoms with Crippen molar-refractivity contribution in [3.8, 4) is 0 Å². The predicted octanol–water partition coefficient (Wildman–Crippen LogP) is 3.38. The van der Waals surface area contributed by atoms with Crippen LogP contribution in [0.2, 0.25) is 0 Å². The summed E-state index contributed by atoms with van der Waals surface area (Å²) in [6.45, 7) is 0. The highest BCUT2D eigenvalue weighted by Crippen LogP contribution is 2.27. The van der Waals surface area contributed by atoms with Crippen LogP contribution in [-0.4, -0.2) is 6.29 Å². The lowest BCUT2D eigenvalue weighted by molar-refractivity contribution is -0.107. The van der Waals surface area contributed by atoms with Crippen molar-refractivity contribution >= 4 is 11.9 Å². The van der Waals surface area contributed by atoms with E-state index < -0.39 is 0 Å². The molecule has 1 aromatic rings. The number of hydrogen-bond donors (Lipinski definition) is 0. The van der Waals surface area contributed by atoms with E-state index >= 15 is 0 Å². The zero-order valence-corrected chi connectivity index (χ0v) is 8.65. The second-order valence-corrected chi connectivity index (χ2v) is 3.75. The molecule has 1 aliphatic rings. The number of allylic oxidation sites excluding steroid dienone is 4. The molecule has 76 valence electrons. The normalized spacial score (nSPS) is 15.5. The molecule has 15 heavy (non-hydrogen) atoms. The van der Waals surface area contributed by atoms with Gasteiger partial charge in [-0.2, -0.15) is 0 Å². The van der Waals surface area contributed by atoms with Crippen LogP contribution in [-0.2, 0) is 4.79 Å². The van der Waals surface area contributed by atoms with Gasteiger partial charge in [-0.05, 0) is 24.0 Å². The maximum absolute atomic E-state index is 10.4. The molecule has 0 bridgehead atoms. The topological polar surface area (TPSA) is 17.1 Å². The molecule has 1 aromatic carbocycles. The molecule has 0 radical (unpaired) electrons. The summed E-state index contributed by atoms with van der Waals surface area (Å²) in [5, 5.41) is 0. The fourth-order valence-electron chi connectivity index (χ4n) is 1.85. The highest BCUT2D eigenvalue weighted by atomic mass is 16.1. The van der Waals surface area contributed by atoms with Crippen LogP contribution in [0.4, 0.5) is 0 Å². The molecule has 1 aliphatic carbocycles. The molecule has 2 rings (SSSR count). The Balaban J connectivity index is 2.17. The number of benzene rings is 1. The van der Waals surface area contributed by atoms with Crippen LogP contribution in [0.15, 0.2) is 48.1 Å². The third kappa shape index (κ3) is 2.44. The number of carbonyl (C=O) groups excluding carboxylic acids is 1. The van der Waals surface area contributed by atoms with Crippen LogP contribution < -0.4 is 0 Å². The first-order valence-corrected chi connectivity index (χ1v) is 5.28. The maximum Gasteiger partial charge on any atom is 0.124 e. The molecule has 0 heterocycles. The maximum atomic E-state index is 10.4. The van der Waals surface area contributed by atoms with Gasteiger partial charge in [0.2, 0.25) is 0 Å². The third-order valence-corrected chi connectivity index (χ3v) is 2.73. The summed E-state index contributed by atoms with van der Waals surface area (Å²) in [6.07, 6.45) is 7.84. The number of carbonyl (C=O) groups is 1. The van der Waals surface area contributed by atoms with Gasteiger partial charge in [-0.25, -0.2) is 0 Å². The second-order valence-electron chi connectivity index (χ2n) is 3.75. The van der Waals surface area contributed by atoms with E-state index in [0.29, 0.717) is 6.42 Å². The second kappa shape index (κ2) is 4.74. The van der Waals surface area contributed by atoms with Crippen LogP contribution >= 0.6 is 0 Å². The molecule has 0 N–H and O–H groups in total. The van der Waals surface area contributed by atoms with Gasteiger partial charge in [0.05, 0.1) is 0 Å². The molecular weight excluding hydrogens is 184 g/mol. The van der Waals surface area contributed by atoms with Gasteiger partial charge in [-0.15, -0.1) is 0 Å². The van der Waals surface area contributed by atoms with Gasteiger partial charge in [0, 0.05) is 6.42 Å². The molecule has 0 saturated carbocycles. The highest BCUT2D eigenvalue weighted by Gasteiger charge is 2.07. The van der Waals surface area contributed by atoms with Gasteiger partial charge in [0.1, 0.15) is 6.29 Å². The Bertz CT molecular complexity index is 399. The molecule has 1 heteroatoms. The Kier molecular flexibility index (Phi) is 3.13. The first kappa shape index (κ1) is 9.91. The van der Waals surface area contributed by atoms with Gasteiger partial charge < -0.3 is 4.79 Å². The standard InChI is InChI=1S/C14H14O/c15-11-10-12-6-8-14(9-7-12)13-4-2-1-3-5-13/h1-6,8,11H,7,9-10H2. The van der Waals surface area contributed by atoms with Gasteiger partial charge in [-0.3, -0.25) is 0 Å². The average Bonchev–Trinajstić information content (AvgIpc) is 2.32. The van der Waals surface area contributed by atoms with E-state index in [0.717, 1.165) is 19.1 Å². The summed E-state index contributed by atoms with van der Waals surface area (Å²) < 4.78 is 0. The molecule has 0 aliphatic heterocycles.